The summed E-state index contributed by atoms with van der Waals surface area (Å²) in [4.78, 5) is 16.3. The summed E-state index contributed by atoms with van der Waals surface area (Å²) in [5.74, 6) is -0.263. The maximum absolute atomic E-state index is 11.7. The molecule has 0 aliphatic heterocycles. The van der Waals surface area contributed by atoms with Crippen molar-refractivity contribution in [1.82, 2.24) is 9.55 Å². The summed E-state index contributed by atoms with van der Waals surface area (Å²) in [6.45, 7) is 0.391. The number of methoxy groups -OCH3 is 1. The summed E-state index contributed by atoms with van der Waals surface area (Å²) in [7, 11) is 1.59. The fourth-order valence-electron chi connectivity index (χ4n) is 3.08. The summed E-state index contributed by atoms with van der Waals surface area (Å²) < 4.78 is 7.00. The Bertz CT molecular complexity index is 1100. The zero-order valence-electron chi connectivity index (χ0n) is 13.6. The van der Waals surface area contributed by atoms with Crippen LogP contribution >= 0.6 is 0 Å². The fourth-order valence-corrected chi connectivity index (χ4v) is 3.08. The van der Waals surface area contributed by atoms with Crippen LogP contribution in [0.25, 0.3) is 21.8 Å². The predicted octanol–water partition coefficient (Wildman–Crippen LogP) is 3.94. The van der Waals surface area contributed by atoms with Gasteiger partial charge >= 0.3 is 5.97 Å². The molecule has 2 aromatic heterocycles. The first-order chi connectivity index (χ1) is 12.2. The Labute approximate surface area is 144 Å². The van der Waals surface area contributed by atoms with Crippen molar-refractivity contribution >= 4 is 27.8 Å². The number of para-hydroxylation sites is 1. The summed E-state index contributed by atoms with van der Waals surface area (Å²) in [5.41, 5.74) is 2.79. The lowest BCUT2D eigenvalue weighted by molar-refractivity contribution is 0.0686. The molecule has 0 bridgehead atoms. The van der Waals surface area contributed by atoms with Gasteiger partial charge in [0, 0.05) is 16.3 Å². The van der Waals surface area contributed by atoms with E-state index in [9.17, 15) is 9.90 Å². The van der Waals surface area contributed by atoms with Gasteiger partial charge in [-0.25, -0.2) is 4.79 Å². The number of benzene rings is 2. The van der Waals surface area contributed by atoms with E-state index in [4.69, 9.17) is 4.74 Å². The van der Waals surface area contributed by atoms with Gasteiger partial charge in [0.1, 0.15) is 11.4 Å². The van der Waals surface area contributed by atoms with Crippen molar-refractivity contribution in [2.24, 2.45) is 0 Å². The van der Waals surface area contributed by atoms with Crippen molar-refractivity contribution in [3.63, 3.8) is 0 Å². The molecule has 5 heteroatoms. The largest absolute Gasteiger partial charge is 0.497 e. The molecule has 0 atom stereocenters. The molecule has 1 N–H and O–H groups in total. The number of fused-ring (bicyclic) bond motifs is 2. The lowest BCUT2D eigenvalue weighted by Crippen LogP contribution is -2.10. The zero-order valence-corrected chi connectivity index (χ0v) is 13.6. The van der Waals surface area contributed by atoms with Gasteiger partial charge < -0.3 is 14.4 Å². The Morgan fingerprint density at radius 1 is 1.08 bits per heavy atom. The van der Waals surface area contributed by atoms with E-state index in [1.54, 1.807) is 17.7 Å². The number of carbonyl (C=O) groups is 1. The van der Waals surface area contributed by atoms with E-state index in [1.807, 2.05) is 54.6 Å². The molecule has 2 aromatic carbocycles. The molecule has 0 fully saturated rings. The molecular formula is C20H16N2O3. The van der Waals surface area contributed by atoms with Crippen molar-refractivity contribution < 1.29 is 14.6 Å². The second kappa shape index (κ2) is 5.94. The molecule has 0 spiro atoms. The van der Waals surface area contributed by atoms with Gasteiger partial charge in [0.15, 0.2) is 0 Å². The number of hydrogen-bond donors (Lipinski definition) is 1. The van der Waals surface area contributed by atoms with Crippen molar-refractivity contribution in [1.29, 1.82) is 0 Å². The molecule has 0 radical (unpaired) electrons. The van der Waals surface area contributed by atoms with Gasteiger partial charge in [-0.1, -0.05) is 24.3 Å². The molecule has 0 saturated heterocycles. The van der Waals surface area contributed by atoms with Gasteiger partial charge in [0.2, 0.25) is 0 Å². The first-order valence-electron chi connectivity index (χ1n) is 7.91. The number of pyridine rings is 1. The summed E-state index contributed by atoms with van der Waals surface area (Å²) in [6, 6.07) is 19.0. The first-order valence-corrected chi connectivity index (χ1v) is 7.91. The number of aromatic nitrogens is 2. The third kappa shape index (κ3) is 2.70. The topological polar surface area (TPSA) is 64.3 Å². The minimum atomic E-state index is -0.962. The van der Waals surface area contributed by atoms with Crippen LogP contribution in [-0.4, -0.2) is 27.7 Å². The van der Waals surface area contributed by atoms with Gasteiger partial charge in [0.05, 0.1) is 24.9 Å². The molecule has 2 heterocycles. The van der Waals surface area contributed by atoms with Crippen LogP contribution < -0.4 is 4.74 Å². The SMILES string of the molecule is COc1ccc2c(c1)cc(C(=O)O)n2Cc1ccc2ccccc2n1. The Balaban J connectivity index is 1.83. The van der Waals surface area contributed by atoms with Crippen LogP contribution in [0.2, 0.25) is 0 Å². The normalized spacial score (nSPS) is 11.1. The van der Waals surface area contributed by atoms with Gasteiger partial charge in [-0.2, -0.15) is 0 Å². The van der Waals surface area contributed by atoms with E-state index in [1.165, 1.54) is 0 Å². The molecule has 4 rings (SSSR count). The Morgan fingerprint density at radius 2 is 1.92 bits per heavy atom. The van der Waals surface area contributed by atoms with Crippen molar-refractivity contribution in [3.8, 4) is 5.75 Å². The maximum Gasteiger partial charge on any atom is 0.352 e. The number of rotatable bonds is 4. The zero-order chi connectivity index (χ0) is 17.4. The molecule has 0 aliphatic rings. The van der Waals surface area contributed by atoms with E-state index in [-0.39, 0.29) is 5.69 Å². The van der Waals surface area contributed by atoms with E-state index in [0.717, 1.165) is 27.5 Å². The highest BCUT2D eigenvalue weighted by atomic mass is 16.5. The third-order valence-corrected chi connectivity index (χ3v) is 4.30. The van der Waals surface area contributed by atoms with Crippen LogP contribution in [-0.2, 0) is 6.54 Å². The number of nitrogens with zero attached hydrogens (tertiary/aromatic N) is 2. The molecule has 124 valence electrons. The van der Waals surface area contributed by atoms with Gasteiger partial charge in [0.25, 0.3) is 0 Å². The van der Waals surface area contributed by atoms with E-state index in [0.29, 0.717) is 12.3 Å². The van der Waals surface area contributed by atoms with Crippen LogP contribution in [0.15, 0.2) is 60.7 Å². The quantitative estimate of drug-likeness (QED) is 0.615. The number of carboxylic acid groups (broad SMARTS) is 1. The smallest absolute Gasteiger partial charge is 0.352 e. The monoisotopic (exact) mass is 332 g/mol. The van der Waals surface area contributed by atoms with Crippen LogP contribution in [0.5, 0.6) is 5.75 Å². The van der Waals surface area contributed by atoms with Crippen LogP contribution in [0.3, 0.4) is 0 Å². The molecule has 25 heavy (non-hydrogen) atoms. The first kappa shape index (κ1) is 15.2. The maximum atomic E-state index is 11.7. The van der Waals surface area contributed by atoms with Crippen molar-refractivity contribution in [2.75, 3.05) is 7.11 Å². The van der Waals surface area contributed by atoms with Crippen molar-refractivity contribution in [3.05, 3.63) is 72.1 Å². The van der Waals surface area contributed by atoms with Crippen LogP contribution in [0.4, 0.5) is 0 Å². The predicted molar refractivity (Wildman–Crippen MR) is 96.3 cm³/mol. The molecule has 0 aliphatic carbocycles. The Hall–Kier alpha value is -3.34. The molecule has 0 amide bonds. The lowest BCUT2D eigenvalue weighted by Gasteiger charge is -2.09. The molecule has 0 saturated carbocycles. The van der Waals surface area contributed by atoms with E-state index >= 15 is 0 Å². The molecule has 5 nitrogen and oxygen atoms in total. The highest BCUT2D eigenvalue weighted by Gasteiger charge is 2.16. The lowest BCUT2D eigenvalue weighted by atomic mass is 10.2. The standard InChI is InChI=1S/C20H16N2O3/c1-25-16-8-9-18-14(10-16)11-19(20(23)24)22(18)12-15-7-6-13-4-2-3-5-17(13)21-15/h2-11H,12H2,1H3,(H,23,24). The number of aromatic carboxylic acids is 1. The number of ether oxygens (including phenoxy) is 1. The van der Waals surface area contributed by atoms with Gasteiger partial charge in [-0.15, -0.1) is 0 Å². The highest BCUT2D eigenvalue weighted by Crippen LogP contribution is 2.26. The minimum Gasteiger partial charge on any atom is -0.497 e. The fraction of sp³-hybridized carbons (Fsp3) is 0.100. The second-order valence-corrected chi connectivity index (χ2v) is 5.84. The van der Waals surface area contributed by atoms with Crippen molar-refractivity contribution in [2.45, 2.75) is 6.54 Å². The molecule has 4 aromatic rings. The van der Waals surface area contributed by atoms with E-state index < -0.39 is 5.97 Å². The average molecular weight is 332 g/mol. The summed E-state index contributed by atoms with van der Waals surface area (Å²) >= 11 is 0. The minimum absolute atomic E-state index is 0.234. The molecule has 0 unspecified atom stereocenters. The second-order valence-electron chi connectivity index (χ2n) is 5.84. The molecular weight excluding hydrogens is 316 g/mol. The Morgan fingerprint density at radius 3 is 2.72 bits per heavy atom. The van der Waals surface area contributed by atoms with Crippen LogP contribution in [0.1, 0.15) is 16.2 Å². The third-order valence-electron chi connectivity index (χ3n) is 4.30. The van der Waals surface area contributed by atoms with E-state index in [2.05, 4.69) is 4.98 Å². The summed E-state index contributed by atoms with van der Waals surface area (Å²) in [5, 5.41) is 11.5. The Kier molecular flexibility index (Phi) is 3.61. The summed E-state index contributed by atoms with van der Waals surface area (Å²) in [6.07, 6.45) is 0. The van der Waals surface area contributed by atoms with Gasteiger partial charge in [-0.05, 0) is 36.4 Å². The van der Waals surface area contributed by atoms with Gasteiger partial charge in [-0.3, -0.25) is 4.98 Å². The van der Waals surface area contributed by atoms with Crippen LogP contribution in [0, 0.1) is 0 Å². The number of hydrogen-bond acceptors (Lipinski definition) is 3. The number of carboxylic acids is 1. The average Bonchev–Trinajstić information content (AvgIpc) is 2.99. The highest BCUT2D eigenvalue weighted by molar-refractivity contribution is 5.95.